The van der Waals surface area contributed by atoms with Gasteiger partial charge in [0.15, 0.2) is 5.78 Å². The van der Waals surface area contributed by atoms with Crippen molar-refractivity contribution in [1.82, 2.24) is 0 Å². The van der Waals surface area contributed by atoms with E-state index in [1.54, 1.807) is 19.1 Å². The summed E-state index contributed by atoms with van der Waals surface area (Å²) in [6, 6.07) is 11.8. The van der Waals surface area contributed by atoms with E-state index >= 15 is 0 Å². The van der Waals surface area contributed by atoms with Gasteiger partial charge >= 0.3 is 5.97 Å². The van der Waals surface area contributed by atoms with Crippen LogP contribution in [0.1, 0.15) is 96.1 Å². The number of hydrogen-bond donors (Lipinski definition) is 3. The van der Waals surface area contributed by atoms with Gasteiger partial charge in [0.25, 0.3) is 0 Å². The van der Waals surface area contributed by atoms with Crippen molar-refractivity contribution in [2.24, 2.45) is 0 Å². The minimum Gasteiger partial charge on any atom is -0.478 e. The van der Waals surface area contributed by atoms with Gasteiger partial charge in [0, 0.05) is 34.6 Å². The fourth-order valence-corrected chi connectivity index (χ4v) is 5.24. The number of carboxylic acid groups (broad SMARTS) is 1. The van der Waals surface area contributed by atoms with Crippen LogP contribution in [0.5, 0.6) is 0 Å². The van der Waals surface area contributed by atoms with E-state index in [0.717, 1.165) is 31.4 Å². The van der Waals surface area contributed by atoms with Crippen molar-refractivity contribution < 1.29 is 14.7 Å². The molecule has 5 heteroatoms. The Morgan fingerprint density at radius 2 is 1.31 bits per heavy atom. The van der Waals surface area contributed by atoms with E-state index in [1.807, 2.05) is 24.3 Å². The van der Waals surface area contributed by atoms with Gasteiger partial charge in [-0.05, 0) is 62.4 Å². The molecule has 0 spiro atoms. The zero-order chi connectivity index (χ0) is 22.5. The highest BCUT2D eigenvalue weighted by Gasteiger charge is 2.24. The first-order chi connectivity index (χ1) is 15.5. The van der Waals surface area contributed by atoms with Crippen LogP contribution in [-0.4, -0.2) is 28.9 Å². The summed E-state index contributed by atoms with van der Waals surface area (Å²) < 4.78 is 0. The van der Waals surface area contributed by atoms with Crippen molar-refractivity contribution in [2.45, 2.75) is 83.2 Å². The van der Waals surface area contributed by atoms with Gasteiger partial charge in [0.2, 0.25) is 0 Å². The van der Waals surface area contributed by atoms with Gasteiger partial charge in [-0.15, -0.1) is 0 Å². The predicted molar refractivity (Wildman–Crippen MR) is 129 cm³/mol. The number of anilines is 2. The van der Waals surface area contributed by atoms with E-state index in [-0.39, 0.29) is 11.3 Å². The molecule has 2 aliphatic rings. The van der Waals surface area contributed by atoms with E-state index in [2.05, 4.69) is 10.6 Å². The van der Waals surface area contributed by atoms with E-state index in [4.69, 9.17) is 0 Å². The zero-order valence-corrected chi connectivity index (χ0v) is 19.0. The summed E-state index contributed by atoms with van der Waals surface area (Å²) in [5.41, 5.74) is 3.24. The average Bonchev–Trinajstić information content (AvgIpc) is 2.80. The molecule has 0 atom stereocenters. The Hall–Kier alpha value is -2.82. The minimum absolute atomic E-state index is 0.131. The Balaban J connectivity index is 1.62. The van der Waals surface area contributed by atoms with Crippen LogP contribution < -0.4 is 10.6 Å². The largest absolute Gasteiger partial charge is 0.478 e. The molecule has 2 saturated carbocycles. The van der Waals surface area contributed by atoms with Gasteiger partial charge in [0.05, 0.1) is 5.56 Å². The van der Waals surface area contributed by atoms with Crippen molar-refractivity contribution in [2.75, 3.05) is 10.6 Å². The third-order valence-electron chi connectivity index (χ3n) is 7.02. The fourth-order valence-electron chi connectivity index (χ4n) is 5.24. The molecule has 32 heavy (non-hydrogen) atoms. The minimum atomic E-state index is -0.996. The summed E-state index contributed by atoms with van der Waals surface area (Å²) in [6.07, 6.45) is 11.6. The number of carbonyl (C=O) groups is 2. The summed E-state index contributed by atoms with van der Waals surface area (Å²) >= 11 is 0. The number of ketones is 1. The smallest absolute Gasteiger partial charge is 0.338 e. The summed E-state index contributed by atoms with van der Waals surface area (Å²) in [7, 11) is 0. The van der Waals surface area contributed by atoms with Crippen molar-refractivity contribution in [1.29, 1.82) is 0 Å². The van der Waals surface area contributed by atoms with Crippen molar-refractivity contribution >= 4 is 23.1 Å². The number of para-hydroxylation sites is 1. The van der Waals surface area contributed by atoms with Crippen LogP contribution in [0.2, 0.25) is 0 Å². The lowest BCUT2D eigenvalue weighted by molar-refractivity contribution is 0.0697. The first-order valence-electron chi connectivity index (χ1n) is 12.1. The van der Waals surface area contributed by atoms with E-state index in [9.17, 15) is 14.7 Å². The number of hydrogen-bond acceptors (Lipinski definition) is 4. The molecule has 4 rings (SSSR count). The monoisotopic (exact) mass is 434 g/mol. The molecule has 0 heterocycles. The lowest BCUT2D eigenvalue weighted by atomic mass is 9.91. The number of carboxylic acids is 1. The van der Waals surface area contributed by atoms with Crippen LogP contribution in [0.25, 0.3) is 0 Å². The molecule has 2 aliphatic carbocycles. The Labute approximate surface area is 190 Å². The topological polar surface area (TPSA) is 78.4 Å². The maximum Gasteiger partial charge on any atom is 0.338 e. The summed E-state index contributed by atoms with van der Waals surface area (Å²) in [4.78, 5) is 25.7. The molecule has 2 aromatic carbocycles. The SMILES string of the molecule is Cc1c(C(=O)c2ccccc2NC2CCCCC2)ccc(NC2CCCCC2)c1C(=O)O. The molecular formula is C27H34N2O3. The van der Waals surface area contributed by atoms with Gasteiger partial charge in [-0.3, -0.25) is 4.79 Å². The lowest BCUT2D eigenvalue weighted by Gasteiger charge is -2.26. The Kier molecular flexibility index (Phi) is 7.13. The van der Waals surface area contributed by atoms with Crippen LogP contribution >= 0.6 is 0 Å². The Bertz CT molecular complexity index is 973. The molecule has 0 unspecified atom stereocenters. The molecule has 0 aromatic heterocycles. The average molecular weight is 435 g/mol. The summed E-state index contributed by atoms with van der Waals surface area (Å²) in [6.45, 7) is 1.75. The first-order valence-corrected chi connectivity index (χ1v) is 12.1. The molecule has 170 valence electrons. The van der Waals surface area contributed by atoms with Crippen molar-refractivity contribution in [3.8, 4) is 0 Å². The first kappa shape index (κ1) is 22.4. The van der Waals surface area contributed by atoms with Crippen LogP contribution in [0, 0.1) is 6.92 Å². The standard InChI is InChI=1S/C27H34N2O3/c1-18-21(16-17-24(25(18)27(31)32)29-20-12-6-3-7-13-20)26(30)22-14-8-9-15-23(22)28-19-10-4-2-5-11-19/h8-9,14-17,19-20,28-29H,2-7,10-13H2,1H3,(H,31,32). The highest BCUT2D eigenvalue weighted by molar-refractivity contribution is 6.14. The zero-order valence-electron chi connectivity index (χ0n) is 19.0. The third kappa shape index (κ3) is 4.98. The molecular weight excluding hydrogens is 400 g/mol. The molecule has 0 radical (unpaired) electrons. The third-order valence-corrected chi connectivity index (χ3v) is 7.02. The molecule has 0 saturated heterocycles. The molecule has 3 N–H and O–H groups in total. The van der Waals surface area contributed by atoms with Gasteiger partial charge in [-0.2, -0.15) is 0 Å². The van der Waals surface area contributed by atoms with Crippen molar-refractivity contribution in [3.05, 3.63) is 58.7 Å². The second kappa shape index (κ2) is 10.2. The van der Waals surface area contributed by atoms with E-state index in [0.29, 0.717) is 34.5 Å². The van der Waals surface area contributed by atoms with Gasteiger partial charge in [-0.25, -0.2) is 4.79 Å². The highest BCUT2D eigenvalue weighted by Crippen LogP contribution is 2.31. The van der Waals surface area contributed by atoms with Gasteiger partial charge < -0.3 is 15.7 Å². The maximum atomic E-state index is 13.6. The number of benzene rings is 2. The number of carbonyl (C=O) groups excluding carboxylic acids is 1. The molecule has 0 aliphatic heterocycles. The van der Waals surface area contributed by atoms with Crippen LogP contribution in [0.15, 0.2) is 36.4 Å². The molecule has 0 amide bonds. The molecule has 2 aromatic rings. The summed E-state index contributed by atoms with van der Waals surface area (Å²) in [5.74, 6) is -1.13. The van der Waals surface area contributed by atoms with Crippen LogP contribution in [0.3, 0.4) is 0 Å². The second-order valence-electron chi connectivity index (χ2n) is 9.30. The lowest BCUT2D eigenvalue weighted by Crippen LogP contribution is -2.24. The maximum absolute atomic E-state index is 13.6. The van der Waals surface area contributed by atoms with Gasteiger partial charge in [-0.1, -0.05) is 50.7 Å². The number of nitrogens with one attached hydrogen (secondary N) is 2. The van der Waals surface area contributed by atoms with E-state index < -0.39 is 5.97 Å². The fraction of sp³-hybridized carbons (Fsp3) is 0.481. The molecule has 0 bridgehead atoms. The highest BCUT2D eigenvalue weighted by atomic mass is 16.4. The quantitative estimate of drug-likeness (QED) is 0.439. The summed E-state index contributed by atoms with van der Waals surface area (Å²) in [5, 5.41) is 17.0. The molecule has 2 fully saturated rings. The predicted octanol–water partition coefficient (Wildman–Crippen LogP) is 6.41. The number of aromatic carboxylic acids is 1. The normalized spacial score (nSPS) is 17.7. The number of rotatable bonds is 7. The van der Waals surface area contributed by atoms with E-state index in [1.165, 1.54) is 38.5 Å². The van der Waals surface area contributed by atoms with Gasteiger partial charge in [0.1, 0.15) is 0 Å². The Morgan fingerprint density at radius 3 is 1.91 bits per heavy atom. The van der Waals surface area contributed by atoms with Crippen molar-refractivity contribution in [3.63, 3.8) is 0 Å². The van der Waals surface area contributed by atoms with Crippen LogP contribution in [0.4, 0.5) is 11.4 Å². The Morgan fingerprint density at radius 1 is 0.750 bits per heavy atom. The van der Waals surface area contributed by atoms with Crippen LogP contribution in [-0.2, 0) is 0 Å². The second-order valence-corrected chi connectivity index (χ2v) is 9.30. The molecule has 5 nitrogen and oxygen atoms in total.